The number of amides is 1. The molecule has 24 heavy (non-hydrogen) atoms. The first kappa shape index (κ1) is 15.5. The van der Waals surface area contributed by atoms with Crippen molar-refractivity contribution in [2.24, 2.45) is 0 Å². The van der Waals surface area contributed by atoms with Crippen LogP contribution in [0, 0.1) is 0 Å². The zero-order valence-corrected chi connectivity index (χ0v) is 14.3. The minimum Gasteiger partial charge on any atom is -0.440 e. The van der Waals surface area contributed by atoms with Crippen molar-refractivity contribution in [3.63, 3.8) is 0 Å². The maximum atomic E-state index is 12.2. The molecule has 0 bridgehead atoms. The van der Waals surface area contributed by atoms with Gasteiger partial charge in [0.1, 0.15) is 10.6 Å². The fraction of sp³-hybridized carbons (Fsp3) is 0.600. The van der Waals surface area contributed by atoms with Crippen LogP contribution in [0.25, 0.3) is 4.96 Å². The first-order valence-corrected chi connectivity index (χ1v) is 8.96. The van der Waals surface area contributed by atoms with Crippen molar-refractivity contribution in [1.29, 1.82) is 0 Å². The monoisotopic (exact) mass is 349 g/mol. The number of aryl methyl sites for hydroxylation is 1. The number of ether oxygens (including phenoxy) is 1. The standard InChI is InChI=1S/C15H19N5O3S/c1-2-11-18-20-12(21)6-10(17-13(20)24-11)7-19-5-3-4-15(9-19)8-16-14(22)23-15/h6H,2-5,7-9H2,1H3,(H,16,22)/t15-/m0/s1. The van der Waals surface area contributed by atoms with E-state index in [9.17, 15) is 9.59 Å². The molecule has 0 saturated carbocycles. The number of hydrogen-bond acceptors (Lipinski definition) is 7. The lowest BCUT2D eigenvalue weighted by molar-refractivity contribution is -0.0114. The summed E-state index contributed by atoms with van der Waals surface area (Å²) in [5.41, 5.74) is 0.154. The van der Waals surface area contributed by atoms with Gasteiger partial charge in [0.2, 0.25) is 4.96 Å². The molecule has 0 aromatic carbocycles. The summed E-state index contributed by atoms with van der Waals surface area (Å²) in [5, 5.41) is 7.91. The van der Waals surface area contributed by atoms with Gasteiger partial charge in [-0.15, -0.1) is 0 Å². The van der Waals surface area contributed by atoms with Gasteiger partial charge in [0, 0.05) is 19.2 Å². The van der Waals surface area contributed by atoms with Crippen molar-refractivity contribution in [2.75, 3.05) is 19.6 Å². The van der Waals surface area contributed by atoms with E-state index in [1.165, 1.54) is 15.9 Å². The minimum atomic E-state index is -0.436. The van der Waals surface area contributed by atoms with Gasteiger partial charge in [-0.3, -0.25) is 9.69 Å². The van der Waals surface area contributed by atoms with Crippen molar-refractivity contribution < 1.29 is 9.53 Å². The van der Waals surface area contributed by atoms with Crippen LogP contribution in [0.5, 0.6) is 0 Å². The van der Waals surface area contributed by atoms with Gasteiger partial charge in [0.15, 0.2) is 0 Å². The molecule has 2 saturated heterocycles. The highest BCUT2D eigenvalue weighted by Crippen LogP contribution is 2.28. The zero-order valence-electron chi connectivity index (χ0n) is 13.4. The first-order valence-electron chi connectivity index (χ1n) is 8.15. The fourth-order valence-electron chi connectivity index (χ4n) is 3.40. The molecule has 4 rings (SSSR count). The Bertz CT molecular complexity index is 847. The number of carbonyl (C=O) groups excluding carboxylic acids is 1. The molecular weight excluding hydrogens is 330 g/mol. The summed E-state index contributed by atoms with van der Waals surface area (Å²) in [6.07, 6.45) is 2.27. The molecule has 9 heteroatoms. The Hall–Kier alpha value is -2.00. The highest BCUT2D eigenvalue weighted by Gasteiger charge is 2.43. The van der Waals surface area contributed by atoms with E-state index in [1.807, 2.05) is 6.92 Å². The molecule has 2 aliphatic rings. The summed E-state index contributed by atoms with van der Waals surface area (Å²) in [7, 11) is 0. The number of aromatic nitrogens is 3. The Labute approximate surface area is 142 Å². The second-order valence-electron chi connectivity index (χ2n) is 6.37. The van der Waals surface area contributed by atoms with Crippen LogP contribution in [0.4, 0.5) is 4.79 Å². The summed E-state index contributed by atoms with van der Waals surface area (Å²) in [5.74, 6) is 0. The smallest absolute Gasteiger partial charge is 0.407 e. The molecule has 1 atom stereocenters. The van der Waals surface area contributed by atoms with Gasteiger partial charge < -0.3 is 10.1 Å². The second-order valence-corrected chi connectivity index (χ2v) is 7.41. The highest BCUT2D eigenvalue weighted by molar-refractivity contribution is 7.16. The lowest BCUT2D eigenvalue weighted by Crippen LogP contribution is -2.50. The maximum Gasteiger partial charge on any atom is 0.407 e. The second kappa shape index (κ2) is 5.82. The molecule has 8 nitrogen and oxygen atoms in total. The van der Waals surface area contributed by atoms with E-state index in [1.54, 1.807) is 6.07 Å². The molecule has 2 aromatic rings. The van der Waals surface area contributed by atoms with Gasteiger partial charge in [-0.05, 0) is 25.8 Å². The normalized spacial score (nSPS) is 24.5. The van der Waals surface area contributed by atoms with Crippen LogP contribution in [0.2, 0.25) is 0 Å². The lowest BCUT2D eigenvalue weighted by Gasteiger charge is -2.37. The van der Waals surface area contributed by atoms with E-state index in [4.69, 9.17) is 4.74 Å². The molecule has 0 radical (unpaired) electrons. The van der Waals surface area contributed by atoms with Gasteiger partial charge in [0.05, 0.1) is 12.2 Å². The molecule has 2 aliphatic heterocycles. The molecule has 1 amide bonds. The molecular formula is C15H19N5O3S. The fourth-order valence-corrected chi connectivity index (χ4v) is 4.26. The molecule has 128 valence electrons. The van der Waals surface area contributed by atoms with E-state index in [2.05, 4.69) is 20.3 Å². The summed E-state index contributed by atoms with van der Waals surface area (Å²) < 4.78 is 6.85. The molecule has 0 unspecified atom stereocenters. The Kier molecular flexibility index (Phi) is 3.76. The zero-order chi connectivity index (χ0) is 16.7. The third kappa shape index (κ3) is 2.78. The van der Waals surface area contributed by atoms with Crippen molar-refractivity contribution in [1.82, 2.24) is 24.8 Å². The number of rotatable bonds is 3. The number of fused-ring (bicyclic) bond motifs is 1. The van der Waals surface area contributed by atoms with Crippen molar-refractivity contribution in [3.8, 4) is 0 Å². The number of hydrogen-bond donors (Lipinski definition) is 1. The van der Waals surface area contributed by atoms with Crippen LogP contribution >= 0.6 is 11.3 Å². The highest BCUT2D eigenvalue weighted by atomic mass is 32.1. The third-order valence-corrected chi connectivity index (χ3v) is 5.56. The van der Waals surface area contributed by atoms with E-state index in [0.717, 1.165) is 36.5 Å². The Balaban J connectivity index is 1.55. The number of likely N-dealkylation sites (tertiary alicyclic amines) is 1. The van der Waals surface area contributed by atoms with Gasteiger partial charge >= 0.3 is 6.09 Å². The number of nitrogens with zero attached hydrogens (tertiary/aromatic N) is 4. The quantitative estimate of drug-likeness (QED) is 0.881. The lowest BCUT2D eigenvalue weighted by atomic mass is 9.93. The molecule has 4 heterocycles. The predicted molar refractivity (Wildman–Crippen MR) is 88.2 cm³/mol. The largest absolute Gasteiger partial charge is 0.440 e. The first-order chi connectivity index (χ1) is 11.6. The summed E-state index contributed by atoms with van der Waals surface area (Å²) in [4.78, 5) is 31.0. The van der Waals surface area contributed by atoms with Crippen molar-refractivity contribution in [3.05, 3.63) is 27.1 Å². The maximum absolute atomic E-state index is 12.2. The van der Waals surface area contributed by atoms with Crippen LogP contribution < -0.4 is 10.9 Å². The van der Waals surface area contributed by atoms with Crippen LogP contribution in [-0.4, -0.2) is 50.8 Å². The number of alkyl carbamates (subject to hydrolysis) is 1. The molecule has 2 aromatic heterocycles. The van der Waals surface area contributed by atoms with Gasteiger partial charge in [0.25, 0.3) is 5.56 Å². The molecule has 1 N–H and O–H groups in total. The van der Waals surface area contributed by atoms with Gasteiger partial charge in [-0.25, -0.2) is 9.78 Å². The average Bonchev–Trinajstić information content (AvgIpc) is 3.11. The number of piperidine rings is 1. The summed E-state index contributed by atoms with van der Waals surface area (Å²) in [6, 6.07) is 1.55. The van der Waals surface area contributed by atoms with Crippen LogP contribution in [-0.2, 0) is 17.7 Å². The number of carbonyl (C=O) groups is 1. The van der Waals surface area contributed by atoms with E-state index in [-0.39, 0.29) is 11.7 Å². The van der Waals surface area contributed by atoms with Crippen LogP contribution in [0.3, 0.4) is 0 Å². The predicted octanol–water partition coefficient (Wildman–Crippen LogP) is 0.788. The summed E-state index contributed by atoms with van der Waals surface area (Å²) >= 11 is 1.45. The summed E-state index contributed by atoms with van der Waals surface area (Å²) in [6.45, 7) is 4.70. The van der Waals surface area contributed by atoms with E-state index < -0.39 is 5.60 Å². The molecule has 1 spiro atoms. The van der Waals surface area contributed by atoms with Gasteiger partial charge in [-0.1, -0.05) is 18.3 Å². The van der Waals surface area contributed by atoms with Crippen molar-refractivity contribution >= 4 is 22.4 Å². The molecule has 0 aliphatic carbocycles. The Morgan fingerprint density at radius 2 is 2.33 bits per heavy atom. The molecule has 2 fully saturated rings. The minimum absolute atomic E-state index is 0.147. The Morgan fingerprint density at radius 3 is 3.08 bits per heavy atom. The SMILES string of the molecule is CCc1nn2c(=O)cc(CN3CCC[C@]4(CNC(=O)O4)C3)nc2s1. The van der Waals surface area contributed by atoms with E-state index >= 15 is 0 Å². The van der Waals surface area contributed by atoms with Gasteiger partial charge in [-0.2, -0.15) is 9.61 Å². The van der Waals surface area contributed by atoms with Crippen molar-refractivity contribution in [2.45, 2.75) is 38.3 Å². The van der Waals surface area contributed by atoms with E-state index in [0.29, 0.717) is 24.6 Å². The topological polar surface area (TPSA) is 88.8 Å². The van der Waals surface area contributed by atoms with Crippen LogP contribution in [0.15, 0.2) is 10.9 Å². The van der Waals surface area contributed by atoms with Crippen LogP contribution in [0.1, 0.15) is 30.5 Å². The Morgan fingerprint density at radius 1 is 1.46 bits per heavy atom. The average molecular weight is 349 g/mol. The third-order valence-electron chi connectivity index (χ3n) is 4.51. The number of nitrogens with one attached hydrogen (secondary N) is 1.